The van der Waals surface area contributed by atoms with Crippen LogP contribution in [0.4, 0.5) is 0 Å². The Morgan fingerprint density at radius 3 is 2.24 bits per heavy atom. The highest BCUT2D eigenvalue weighted by Gasteiger charge is 2.54. The number of benzene rings is 1. The zero-order valence-corrected chi connectivity index (χ0v) is 14.6. The van der Waals surface area contributed by atoms with E-state index in [0.29, 0.717) is 6.04 Å². The molecule has 2 aliphatic rings. The van der Waals surface area contributed by atoms with E-state index in [1.807, 2.05) is 6.07 Å². The van der Waals surface area contributed by atoms with Crippen molar-refractivity contribution in [2.45, 2.75) is 31.7 Å². The molecule has 0 radical (unpaired) electrons. The molecule has 0 saturated heterocycles. The first-order valence-electron chi connectivity index (χ1n) is 7.80. The molecule has 0 aromatic heterocycles. The topological polar surface area (TPSA) is 30.5 Å². The Morgan fingerprint density at radius 2 is 1.71 bits per heavy atom. The van der Waals surface area contributed by atoms with Crippen molar-refractivity contribution in [2.24, 2.45) is 17.8 Å². The number of rotatable bonds is 5. The summed E-state index contributed by atoms with van der Waals surface area (Å²) in [4.78, 5) is 0. The Kier molecular flexibility index (Phi) is 4.46. The third-order valence-electron chi connectivity index (χ3n) is 5.26. The summed E-state index contributed by atoms with van der Waals surface area (Å²) >= 11 is 3.54. The number of fused-ring (bicyclic) bond motifs is 1. The van der Waals surface area contributed by atoms with E-state index in [2.05, 4.69) is 34.4 Å². The van der Waals surface area contributed by atoms with Gasteiger partial charge in [-0.3, -0.25) is 0 Å². The van der Waals surface area contributed by atoms with E-state index in [1.54, 1.807) is 14.2 Å². The fourth-order valence-corrected chi connectivity index (χ4v) is 4.71. The van der Waals surface area contributed by atoms with Gasteiger partial charge < -0.3 is 14.8 Å². The van der Waals surface area contributed by atoms with Gasteiger partial charge in [0.15, 0.2) is 0 Å². The van der Waals surface area contributed by atoms with Crippen molar-refractivity contribution in [3.05, 3.63) is 22.2 Å². The summed E-state index contributed by atoms with van der Waals surface area (Å²) in [5, 5.41) is 3.53. The van der Waals surface area contributed by atoms with Crippen LogP contribution in [0, 0.1) is 17.8 Å². The summed E-state index contributed by atoms with van der Waals surface area (Å²) in [6.07, 6.45) is 5.58. The molecule has 3 atom stereocenters. The van der Waals surface area contributed by atoms with Crippen molar-refractivity contribution in [1.82, 2.24) is 5.32 Å². The Bertz CT molecular complexity index is 508. The zero-order chi connectivity index (χ0) is 15.0. The van der Waals surface area contributed by atoms with Crippen molar-refractivity contribution in [1.29, 1.82) is 0 Å². The van der Waals surface area contributed by atoms with Crippen LogP contribution in [-0.4, -0.2) is 21.3 Å². The van der Waals surface area contributed by atoms with Crippen LogP contribution in [0.3, 0.4) is 0 Å². The van der Waals surface area contributed by atoms with E-state index >= 15 is 0 Å². The number of nitrogens with one attached hydrogen (secondary N) is 1. The first kappa shape index (κ1) is 15.2. The van der Waals surface area contributed by atoms with Crippen LogP contribution in [0.5, 0.6) is 11.5 Å². The second-order valence-corrected chi connectivity index (χ2v) is 7.04. The molecule has 3 rings (SSSR count). The Balaban J connectivity index is 1.93. The van der Waals surface area contributed by atoms with Crippen molar-refractivity contribution in [3.8, 4) is 11.5 Å². The molecule has 3 unspecified atom stereocenters. The zero-order valence-electron chi connectivity index (χ0n) is 13.0. The summed E-state index contributed by atoms with van der Waals surface area (Å²) in [6, 6.07) is 4.49. The number of hydrogen-bond donors (Lipinski definition) is 1. The SMILES string of the molecule is CNC(c1cc(OC)c(Br)cc1OC)C1C2CCCCC21. The minimum Gasteiger partial charge on any atom is -0.496 e. The molecular weight excluding hydrogens is 330 g/mol. The lowest BCUT2D eigenvalue weighted by Gasteiger charge is -2.21. The van der Waals surface area contributed by atoms with Gasteiger partial charge in [-0.25, -0.2) is 0 Å². The van der Waals surface area contributed by atoms with Gasteiger partial charge in [0.1, 0.15) is 11.5 Å². The highest BCUT2D eigenvalue weighted by atomic mass is 79.9. The summed E-state index contributed by atoms with van der Waals surface area (Å²) in [6.45, 7) is 0. The Morgan fingerprint density at radius 1 is 1.10 bits per heavy atom. The van der Waals surface area contributed by atoms with Crippen molar-refractivity contribution in [2.75, 3.05) is 21.3 Å². The van der Waals surface area contributed by atoms with Crippen molar-refractivity contribution < 1.29 is 9.47 Å². The molecule has 0 amide bonds. The van der Waals surface area contributed by atoms with E-state index in [4.69, 9.17) is 9.47 Å². The van der Waals surface area contributed by atoms with E-state index in [0.717, 1.165) is 33.7 Å². The van der Waals surface area contributed by atoms with Gasteiger partial charge in [0.25, 0.3) is 0 Å². The fraction of sp³-hybridized carbons (Fsp3) is 0.647. The maximum absolute atomic E-state index is 5.61. The highest BCUT2D eigenvalue weighted by Crippen LogP contribution is 2.61. The molecule has 2 fully saturated rings. The molecule has 0 aliphatic heterocycles. The molecule has 2 saturated carbocycles. The summed E-state index contributed by atoms with van der Waals surface area (Å²) in [5.74, 6) is 4.35. The molecule has 0 heterocycles. The Labute approximate surface area is 135 Å². The van der Waals surface area contributed by atoms with Crippen LogP contribution >= 0.6 is 15.9 Å². The number of methoxy groups -OCH3 is 2. The first-order valence-corrected chi connectivity index (χ1v) is 8.59. The van der Waals surface area contributed by atoms with Crippen LogP contribution in [0.25, 0.3) is 0 Å². The van der Waals surface area contributed by atoms with E-state index < -0.39 is 0 Å². The van der Waals surface area contributed by atoms with Crippen molar-refractivity contribution >= 4 is 15.9 Å². The lowest BCUT2D eigenvalue weighted by Crippen LogP contribution is -2.20. The average Bonchev–Trinajstić information content (AvgIpc) is 3.23. The number of ether oxygens (including phenoxy) is 2. The molecule has 1 aromatic rings. The third kappa shape index (κ3) is 2.68. The van der Waals surface area contributed by atoms with E-state index in [1.165, 1.54) is 31.2 Å². The third-order valence-corrected chi connectivity index (χ3v) is 5.88. The number of halogens is 1. The van der Waals surface area contributed by atoms with Gasteiger partial charge in [0.2, 0.25) is 0 Å². The fourth-order valence-electron chi connectivity index (χ4n) is 4.22. The average molecular weight is 354 g/mol. The van der Waals surface area contributed by atoms with Crippen LogP contribution in [0.1, 0.15) is 37.3 Å². The van der Waals surface area contributed by atoms with Crippen LogP contribution in [-0.2, 0) is 0 Å². The minimum absolute atomic E-state index is 0.357. The Hall–Kier alpha value is -0.740. The normalized spacial score (nSPS) is 28.7. The standard InChI is InChI=1S/C17H24BrNO2/c1-19-17(16-10-6-4-5-7-11(10)16)12-8-15(21-3)13(18)9-14(12)20-2/h8-11,16-17,19H,4-7H2,1-3H3. The number of hydrogen-bond acceptors (Lipinski definition) is 3. The van der Waals surface area contributed by atoms with Crippen molar-refractivity contribution in [3.63, 3.8) is 0 Å². The molecule has 1 aromatic carbocycles. The molecule has 0 spiro atoms. The van der Waals surface area contributed by atoms with E-state index in [9.17, 15) is 0 Å². The molecule has 0 bridgehead atoms. The van der Waals surface area contributed by atoms with E-state index in [-0.39, 0.29) is 0 Å². The van der Waals surface area contributed by atoms with Gasteiger partial charge in [-0.15, -0.1) is 0 Å². The smallest absolute Gasteiger partial charge is 0.133 e. The molecule has 116 valence electrons. The largest absolute Gasteiger partial charge is 0.496 e. The van der Waals surface area contributed by atoms with Gasteiger partial charge in [-0.05, 0) is 65.7 Å². The maximum atomic E-state index is 5.61. The highest BCUT2D eigenvalue weighted by molar-refractivity contribution is 9.10. The molecule has 2 aliphatic carbocycles. The van der Waals surface area contributed by atoms with Crippen LogP contribution < -0.4 is 14.8 Å². The lowest BCUT2D eigenvalue weighted by molar-refractivity contribution is 0.381. The lowest BCUT2D eigenvalue weighted by atomic mass is 9.98. The molecule has 1 N–H and O–H groups in total. The summed E-state index contributed by atoms with van der Waals surface area (Å²) in [7, 11) is 5.51. The quantitative estimate of drug-likeness (QED) is 0.861. The first-order chi connectivity index (χ1) is 10.2. The monoisotopic (exact) mass is 353 g/mol. The molecular formula is C17H24BrNO2. The molecule has 21 heavy (non-hydrogen) atoms. The van der Waals surface area contributed by atoms with Gasteiger partial charge in [0, 0.05) is 11.6 Å². The molecule has 3 nitrogen and oxygen atoms in total. The van der Waals surface area contributed by atoms with Gasteiger partial charge in [0.05, 0.1) is 18.7 Å². The maximum Gasteiger partial charge on any atom is 0.133 e. The summed E-state index contributed by atoms with van der Waals surface area (Å²) in [5.41, 5.74) is 1.22. The minimum atomic E-state index is 0.357. The second kappa shape index (κ2) is 6.17. The van der Waals surface area contributed by atoms with Crippen LogP contribution in [0.2, 0.25) is 0 Å². The summed E-state index contributed by atoms with van der Waals surface area (Å²) < 4.78 is 12.0. The second-order valence-electron chi connectivity index (χ2n) is 6.18. The van der Waals surface area contributed by atoms with Gasteiger partial charge in [-0.1, -0.05) is 12.8 Å². The predicted octanol–water partition coefficient (Wildman–Crippen LogP) is 4.16. The van der Waals surface area contributed by atoms with Gasteiger partial charge >= 0.3 is 0 Å². The van der Waals surface area contributed by atoms with Gasteiger partial charge in [-0.2, -0.15) is 0 Å². The van der Waals surface area contributed by atoms with Crippen LogP contribution in [0.15, 0.2) is 16.6 Å². The molecule has 4 heteroatoms. The predicted molar refractivity (Wildman–Crippen MR) is 88.0 cm³/mol.